The van der Waals surface area contributed by atoms with E-state index in [0.29, 0.717) is 5.95 Å². The first-order valence-corrected chi connectivity index (χ1v) is 8.31. The molecule has 0 aliphatic heterocycles. The van der Waals surface area contributed by atoms with Crippen LogP contribution in [-0.4, -0.2) is 9.38 Å². The lowest BCUT2D eigenvalue weighted by Gasteiger charge is -2.10. The van der Waals surface area contributed by atoms with Crippen molar-refractivity contribution in [2.45, 2.75) is 55.4 Å². The highest BCUT2D eigenvalue weighted by Crippen LogP contribution is 2.27. The van der Waals surface area contributed by atoms with Crippen molar-refractivity contribution < 1.29 is 0 Å². The summed E-state index contributed by atoms with van der Waals surface area (Å²) in [4.78, 5) is 4.19. The van der Waals surface area contributed by atoms with Crippen molar-refractivity contribution in [1.29, 1.82) is 0 Å². The van der Waals surface area contributed by atoms with Crippen LogP contribution < -0.4 is 5.73 Å². The molecule has 3 nitrogen and oxygen atoms in total. The fraction of sp³-hybridized carbons (Fsp3) is 0.421. The lowest BCUT2D eigenvalue weighted by atomic mass is 10.0. The van der Waals surface area contributed by atoms with Crippen LogP contribution in [0.15, 0.2) is 30.5 Å². The third-order valence-corrected chi connectivity index (χ3v) is 3.27. The van der Waals surface area contributed by atoms with Gasteiger partial charge in [0.25, 0.3) is 0 Å². The lowest BCUT2D eigenvalue weighted by Crippen LogP contribution is -2.00. The van der Waals surface area contributed by atoms with Crippen LogP contribution in [0.3, 0.4) is 0 Å². The number of hydrogen-bond donors (Lipinski definition) is 1. The van der Waals surface area contributed by atoms with E-state index in [1.165, 1.54) is 16.3 Å². The van der Waals surface area contributed by atoms with Crippen LogP contribution in [-0.2, 0) is 0 Å². The Morgan fingerprint density at radius 3 is 1.91 bits per heavy atom. The van der Waals surface area contributed by atoms with Gasteiger partial charge in [-0.2, -0.15) is 0 Å². The number of hydrogen-bond acceptors (Lipinski definition) is 2. The summed E-state index contributed by atoms with van der Waals surface area (Å²) in [5, 5.41) is 2.47. The third-order valence-electron chi connectivity index (χ3n) is 3.27. The average Bonchev–Trinajstić information content (AvgIpc) is 3.00. The molecule has 0 aliphatic rings. The predicted octanol–water partition coefficient (Wildman–Crippen LogP) is 5.77. The number of nitrogens with zero attached hydrogens (tertiary/aromatic N) is 2. The highest BCUT2D eigenvalue weighted by molar-refractivity contribution is 5.98. The molecule has 0 fully saturated rings. The largest absolute Gasteiger partial charge is 0.369 e. The first-order valence-electron chi connectivity index (χ1n) is 8.31. The molecule has 2 N–H and O–H groups in total. The summed E-state index contributed by atoms with van der Waals surface area (Å²) in [5.41, 5.74) is 9.38. The zero-order valence-electron chi connectivity index (χ0n) is 15.4. The third kappa shape index (κ3) is 3.59. The minimum absolute atomic E-state index is 0.557. The second kappa shape index (κ2) is 9.82. The topological polar surface area (TPSA) is 43.3 Å². The number of nitrogen functional groups attached to an aromatic ring is 1. The van der Waals surface area contributed by atoms with Crippen molar-refractivity contribution in [3.63, 3.8) is 0 Å². The number of aromatic nitrogens is 2. The van der Waals surface area contributed by atoms with Gasteiger partial charge in [-0.25, -0.2) is 4.98 Å². The quantitative estimate of drug-likeness (QED) is 0.573. The summed E-state index contributed by atoms with van der Waals surface area (Å²) in [6, 6.07) is 8.35. The van der Waals surface area contributed by atoms with Crippen molar-refractivity contribution in [1.82, 2.24) is 9.38 Å². The molecule has 1 aromatic carbocycles. The summed E-state index contributed by atoms with van der Waals surface area (Å²) in [5.74, 6) is 0.557. The molecule has 3 aromatic rings. The smallest absolute Gasteiger partial charge is 0.205 e. The Morgan fingerprint density at radius 1 is 0.864 bits per heavy atom. The van der Waals surface area contributed by atoms with E-state index in [-0.39, 0.29) is 0 Å². The maximum absolute atomic E-state index is 5.89. The Labute approximate surface area is 135 Å². The standard InChI is InChI=1S/C13H13N3.3C2H6/c1-8-9(2)16-12(7-15-13(16)14)11-6-4-3-5-10(8)11;3*1-2/h3-7H,1-2H3,(H2,14,15);3*1-2H3. The molecular weight excluding hydrogens is 270 g/mol. The minimum Gasteiger partial charge on any atom is -0.369 e. The summed E-state index contributed by atoms with van der Waals surface area (Å²) >= 11 is 0. The van der Waals surface area contributed by atoms with Gasteiger partial charge in [0.1, 0.15) is 0 Å². The predicted molar refractivity (Wildman–Crippen MR) is 101 cm³/mol. The molecule has 0 spiro atoms. The molecule has 3 rings (SSSR count). The number of benzene rings is 1. The van der Waals surface area contributed by atoms with Gasteiger partial charge in [0.15, 0.2) is 0 Å². The zero-order valence-corrected chi connectivity index (χ0v) is 15.4. The maximum atomic E-state index is 5.89. The molecule has 22 heavy (non-hydrogen) atoms. The second-order valence-corrected chi connectivity index (χ2v) is 4.09. The van der Waals surface area contributed by atoms with E-state index in [1.807, 2.05) is 58.2 Å². The maximum Gasteiger partial charge on any atom is 0.205 e. The van der Waals surface area contributed by atoms with Gasteiger partial charge in [-0.3, -0.25) is 4.40 Å². The summed E-state index contributed by atoms with van der Waals surface area (Å²) < 4.78 is 2.01. The van der Waals surface area contributed by atoms with Crippen molar-refractivity contribution >= 4 is 22.2 Å². The van der Waals surface area contributed by atoms with Crippen molar-refractivity contribution in [2.24, 2.45) is 0 Å². The van der Waals surface area contributed by atoms with Gasteiger partial charge in [0.2, 0.25) is 5.95 Å². The first kappa shape index (κ1) is 20.0. The molecule has 0 radical (unpaired) electrons. The molecule has 0 aliphatic carbocycles. The van der Waals surface area contributed by atoms with Crippen molar-refractivity contribution in [3.8, 4) is 0 Å². The Bertz CT molecular complexity index is 697. The number of anilines is 1. The van der Waals surface area contributed by atoms with Crippen molar-refractivity contribution in [3.05, 3.63) is 41.7 Å². The normalized spacial score (nSPS) is 9.09. The van der Waals surface area contributed by atoms with Crippen LogP contribution in [0.5, 0.6) is 0 Å². The van der Waals surface area contributed by atoms with E-state index in [4.69, 9.17) is 5.73 Å². The Kier molecular flexibility index (Phi) is 8.92. The monoisotopic (exact) mass is 301 g/mol. The molecule has 0 bridgehead atoms. The SMILES string of the molecule is CC.CC.CC.Cc1c(C)n2c(N)ncc2c2ccccc12. The van der Waals surface area contributed by atoms with Gasteiger partial charge in [-0.05, 0) is 24.8 Å². The number of rotatable bonds is 0. The molecule has 0 saturated carbocycles. The number of imidazole rings is 1. The van der Waals surface area contributed by atoms with Crippen LogP contribution in [0, 0.1) is 13.8 Å². The van der Waals surface area contributed by atoms with Gasteiger partial charge in [0, 0.05) is 11.1 Å². The van der Waals surface area contributed by atoms with Crippen LogP contribution in [0.4, 0.5) is 5.95 Å². The zero-order chi connectivity index (χ0) is 17.3. The van der Waals surface area contributed by atoms with E-state index in [1.54, 1.807) is 0 Å². The van der Waals surface area contributed by atoms with Crippen molar-refractivity contribution in [2.75, 3.05) is 5.73 Å². The molecular formula is C19H31N3. The first-order chi connectivity index (χ1) is 10.7. The average molecular weight is 301 g/mol. The molecule has 0 unspecified atom stereocenters. The fourth-order valence-corrected chi connectivity index (χ4v) is 2.30. The molecule has 0 atom stereocenters. The number of fused-ring (bicyclic) bond motifs is 3. The van der Waals surface area contributed by atoms with E-state index >= 15 is 0 Å². The number of nitrogens with two attached hydrogens (primary N) is 1. The van der Waals surface area contributed by atoms with E-state index in [9.17, 15) is 0 Å². The Morgan fingerprint density at radius 2 is 1.36 bits per heavy atom. The van der Waals surface area contributed by atoms with E-state index < -0.39 is 0 Å². The molecule has 122 valence electrons. The van der Waals surface area contributed by atoms with Gasteiger partial charge >= 0.3 is 0 Å². The van der Waals surface area contributed by atoms with Gasteiger partial charge in [0.05, 0.1) is 11.7 Å². The van der Waals surface area contributed by atoms with Gasteiger partial charge in [-0.15, -0.1) is 0 Å². The number of pyridine rings is 1. The summed E-state index contributed by atoms with van der Waals surface area (Å²) in [6.45, 7) is 16.2. The minimum atomic E-state index is 0.557. The lowest BCUT2D eigenvalue weighted by molar-refractivity contribution is 1.08. The molecule has 0 saturated heterocycles. The molecule has 0 amide bonds. The second-order valence-electron chi connectivity index (χ2n) is 4.09. The van der Waals surface area contributed by atoms with Crippen LogP contribution in [0.2, 0.25) is 0 Å². The summed E-state index contributed by atoms with van der Waals surface area (Å²) in [6.07, 6.45) is 1.84. The molecule has 2 heterocycles. The van der Waals surface area contributed by atoms with Gasteiger partial charge in [-0.1, -0.05) is 65.8 Å². The van der Waals surface area contributed by atoms with Crippen LogP contribution in [0.25, 0.3) is 16.3 Å². The number of aryl methyl sites for hydroxylation is 2. The van der Waals surface area contributed by atoms with Crippen LogP contribution in [0.1, 0.15) is 52.8 Å². The van der Waals surface area contributed by atoms with E-state index in [2.05, 4.69) is 37.0 Å². The van der Waals surface area contributed by atoms with Crippen LogP contribution >= 0.6 is 0 Å². The summed E-state index contributed by atoms with van der Waals surface area (Å²) in [7, 11) is 0. The highest BCUT2D eigenvalue weighted by Gasteiger charge is 2.10. The van der Waals surface area contributed by atoms with Gasteiger partial charge < -0.3 is 5.73 Å². The molecule has 3 heteroatoms. The van der Waals surface area contributed by atoms with E-state index in [0.717, 1.165) is 11.2 Å². The Hall–Kier alpha value is -2.03. The highest BCUT2D eigenvalue weighted by atomic mass is 15.1. The molecule has 2 aromatic heterocycles. The Balaban J connectivity index is 0.000000661. The fourth-order valence-electron chi connectivity index (χ4n) is 2.30.